The Kier molecular flexibility index (Phi) is 15.5. The lowest BCUT2D eigenvalue weighted by Crippen LogP contribution is -2.41. The van der Waals surface area contributed by atoms with Gasteiger partial charge >= 0.3 is 0 Å². The summed E-state index contributed by atoms with van der Waals surface area (Å²) in [6.45, 7) is 2.46. The Hall–Kier alpha value is -9.30. The fourth-order valence-electron chi connectivity index (χ4n) is 12.7. The molecule has 0 aliphatic heterocycles. The SMILES string of the molecule is C#Cc1cc(N(c2ccccc2)c2ccccc2)ccc1CC=CC(=CC(C)C1C2=C(CCC(N(c3ccccc3)c3ccccc3)=C2)C2=C1C=C(N(C1C=CC=CC1)C1C=CC=CC1)CC2)N(c1ccccc1)c1ccccc1. The summed E-state index contributed by atoms with van der Waals surface area (Å²) < 4.78 is 0. The van der Waals surface area contributed by atoms with E-state index in [1.807, 2.05) is 0 Å². The molecule has 0 amide bonds. The molecular weight excluding hydrogens is 969 g/mol. The van der Waals surface area contributed by atoms with Crippen LogP contribution in [0.3, 0.4) is 0 Å². The van der Waals surface area contributed by atoms with Crippen molar-refractivity contribution in [2.24, 2.45) is 11.8 Å². The van der Waals surface area contributed by atoms with E-state index in [2.05, 4.69) is 312 Å². The summed E-state index contributed by atoms with van der Waals surface area (Å²) in [6.07, 6.45) is 44.0. The minimum atomic E-state index is 0.0844. The average molecular weight is 1040 g/mol. The van der Waals surface area contributed by atoms with Crippen LogP contribution >= 0.6 is 0 Å². The highest BCUT2D eigenvalue weighted by Gasteiger charge is 2.40. The number of terminal acetylenes is 1. The Balaban J connectivity index is 0.975. The molecule has 0 aromatic heterocycles. The van der Waals surface area contributed by atoms with Crippen LogP contribution in [0.4, 0.5) is 39.8 Å². The van der Waals surface area contributed by atoms with Crippen molar-refractivity contribution in [1.29, 1.82) is 0 Å². The molecule has 0 bridgehead atoms. The smallest absolute Gasteiger partial charge is 0.0514 e. The molecule has 4 nitrogen and oxygen atoms in total. The van der Waals surface area contributed by atoms with E-state index in [1.54, 1.807) is 11.1 Å². The molecule has 0 N–H and O–H groups in total. The molecule has 7 aromatic rings. The van der Waals surface area contributed by atoms with E-state index in [1.165, 1.54) is 33.9 Å². The highest BCUT2D eigenvalue weighted by atomic mass is 15.2. The Morgan fingerprint density at radius 1 is 0.512 bits per heavy atom. The van der Waals surface area contributed by atoms with Gasteiger partial charge in [0.2, 0.25) is 0 Å². The second kappa shape index (κ2) is 24.2. The van der Waals surface area contributed by atoms with Crippen LogP contribution in [-0.4, -0.2) is 17.0 Å². The van der Waals surface area contributed by atoms with Crippen LogP contribution in [0.15, 0.2) is 319 Å². The minimum absolute atomic E-state index is 0.0844. The number of anilines is 7. The number of para-hydroxylation sites is 6. The second-order valence-electron chi connectivity index (χ2n) is 21.3. The molecule has 392 valence electrons. The molecule has 0 spiro atoms. The van der Waals surface area contributed by atoms with Gasteiger partial charge in [0.25, 0.3) is 0 Å². The van der Waals surface area contributed by atoms with Crippen molar-refractivity contribution in [3.63, 3.8) is 0 Å². The van der Waals surface area contributed by atoms with Gasteiger partial charge in [-0.05, 0) is 182 Å². The van der Waals surface area contributed by atoms with Crippen LogP contribution in [-0.2, 0) is 6.42 Å². The maximum Gasteiger partial charge on any atom is 0.0514 e. The van der Waals surface area contributed by atoms with Crippen LogP contribution in [0, 0.1) is 24.2 Å². The Labute approximate surface area is 474 Å². The molecule has 0 saturated heterocycles. The average Bonchev–Trinajstić information content (AvgIpc) is 4.10. The predicted molar refractivity (Wildman–Crippen MR) is 337 cm³/mol. The number of benzene rings is 7. The summed E-state index contributed by atoms with van der Waals surface area (Å²) >= 11 is 0. The zero-order valence-corrected chi connectivity index (χ0v) is 45.7. The van der Waals surface area contributed by atoms with Crippen LogP contribution in [0.1, 0.15) is 56.6 Å². The molecule has 4 unspecified atom stereocenters. The first-order valence-electron chi connectivity index (χ1n) is 28.6. The maximum atomic E-state index is 6.43. The van der Waals surface area contributed by atoms with Gasteiger partial charge in [-0.2, -0.15) is 0 Å². The zero-order chi connectivity index (χ0) is 54.0. The molecule has 12 rings (SSSR count). The first-order chi connectivity index (χ1) is 39.6. The Morgan fingerprint density at radius 2 is 0.963 bits per heavy atom. The summed E-state index contributed by atoms with van der Waals surface area (Å²) in [6, 6.07) is 71.7. The molecule has 5 aliphatic rings. The van der Waals surface area contributed by atoms with Crippen molar-refractivity contribution in [2.75, 3.05) is 14.7 Å². The minimum Gasteiger partial charge on any atom is -0.361 e. The standard InChI is InChI=1S/C76H68N4/c1-3-58-54-69(78(62-34-16-6-17-35-62)63-36-18-7-19-37-63)48-47-59(58)29-28-46-68(77(60-30-12-4-13-31-60)61-32-14-5-15-33-61)53-57(2)76-74-55-70(79(64-38-20-8-21-39-64)65-40-22-9-23-41-65)49-51-72(74)73-52-50-71(56-75(73)76)80(66-42-24-10-25-43-66)67-44-26-11-27-45-67/h1,4-28,30-42,44,46-48,53-57,66-67,76H,29,43,45,49-52H2,2H3. The van der Waals surface area contributed by atoms with Gasteiger partial charge in [-0.25, -0.2) is 0 Å². The lowest BCUT2D eigenvalue weighted by Gasteiger charge is -2.41. The summed E-state index contributed by atoms with van der Waals surface area (Å²) in [4.78, 5) is 9.95. The fraction of sp³-hybridized carbons (Fsp3) is 0.158. The van der Waals surface area contributed by atoms with Crippen molar-refractivity contribution in [3.8, 4) is 12.3 Å². The van der Waals surface area contributed by atoms with E-state index < -0.39 is 0 Å². The Morgan fingerprint density at radius 3 is 1.43 bits per heavy atom. The van der Waals surface area contributed by atoms with Gasteiger partial charge in [0.15, 0.2) is 0 Å². The highest BCUT2D eigenvalue weighted by molar-refractivity contribution is 5.78. The van der Waals surface area contributed by atoms with Crippen molar-refractivity contribution in [3.05, 3.63) is 330 Å². The van der Waals surface area contributed by atoms with Crippen LogP contribution in [0.25, 0.3) is 0 Å². The number of fused-ring (bicyclic) bond motifs is 1. The molecule has 4 atom stereocenters. The van der Waals surface area contributed by atoms with Crippen LogP contribution in [0.2, 0.25) is 0 Å². The van der Waals surface area contributed by atoms with Gasteiger partial charge < -0.3 is 19.6 Å². The van der Waals surface area contributed by atoms with Gasteiger partial charge in [0.05, 0.1) is 12.1 Å². The normalized spacial score (nSPS) is 18.8. The van der Waals surface area contributed by atoms with E-state index in [0.29, 0.717) is 18.5 Å². The van der Waals surface area contributed by atoms with E-state index in [9.17, 15) is 0 Å². The largest absolute Gasteiger partial charge is 0.361 e. The quantitative estimate of drug-likeness (QED) is 0.0666. The number of allylic oxidation sites excluding steroid dienone is 15. The first-order valence-corrected chi connectivity index (χ1v) is 28.6. The first kappa shape index (κ1) is 51.5. The number of rotatable bonds is 17. The second-order valence-corrected chi connectivity index (χ2v) is 21.3. The molecule has 0 saturated carbocycles. The number of hydrogen-bond acceptors (Lipinski definition) is 4. The topological polar surface area (TPSA) is 13.0 Å². The van der Waals surface area contributed by atoms with Gasteiger partial charge in [-0.15, -0.1) is 6.42 Å². The van der Waals surface area contributed by atoms with Crippen molar-refractivity contribution >= 4 is 39.8 Å². The highest BCUT2D eigenvalue weighted by Crippen LogP contribution is 2.53. The predicted octanol–water partition coefficient (Wildman–Crippen LogP) is 19.1. The van der Waals surface area contributed by atoms with Crippen LogP contribution < -0.4 is 14.7 Å². The van der Waals surface area contributed by atoms with Crippen molar-refractivity contribution < 1.29 is 0 Å². The maximum absolute atomic E-state index is 6.43. The zero-order valence-electron chi connectivity index (χ0n) is 45.7. The summed E-state index contributed by atoms with van der Waals surface area (Å²) in [5, 5.41) is 0. The monoisotopic (exact) mass is 1040 g/mol. The molecule has 0 heterocycles. The molecule has 4 heteroatoms. The Bertz CT molecular complexity index is 3510. The van der Waals surface area contributed by atoms with Gasteiger partial charge in [-0.3, -0.25) is 0 Å². The van der Waals surface area contributed by atoms with Gasteiger partial charge in [0, 0.05) is 68.4 Å². The third kappa shape index (κ3) is 10.9. The molecule has 5 aliphatic carbocycles. The number of hydrogen-bond donors (Lipinski definition) is 0. The third-order valence-corrected chi connectivity index (χ3v) is 16.3. The lowest BCUT2D eigenvalue weighted by molar-refractivity contribution is 0.235. The third-order valence-electron chi connectivity index (χ3n) is 16.3. The molecule has 0 radical (unpaired) electrons. The molecule has 7 aromatic carbocycles. The number of nitrogens with zero attached hydrogens (tertiary/aromatic N) is 4. The van der Waals surface area contributed by atoms with Crippen LogP contribution in [0.5, 0.6) is 0 Å². The van der Waals surface area contributed by atoms with E-state index in [-0.39, 0.29) is 11.8 Å². The lowest BCUT2D eigenvalue weighted by atomic mass is 9.80. The summed E-state index contributed by atoms with van der Waals surface area (Å²) in [7, 11) is 0. The van der Waals surface area contributed by atoms with E-state index in [4.69, 9.17) is 6.42 Å². The fourth-order valence-corrected chi connectivity index (χ4v) is 12.7. The molecule has 0 fully saturated rings. The summed E-state index contributed by atoms with van der Waals surface area (Å²) in [5.74, 6) is 3.28. The van der Waals surface area contributed by atoms with Gasteiger partial charge in [-0.1, -0.05) is 189 Å². The van der Waals surface area contributed by atoms with Crippen molar-refractivity contribution in [1.82, 2.24) is 4.90 Å². The summed E-state index contributed by atoms with van der Waals surface area (Å²) in [5.41, 5.74) is 19.6. The van der Waals surface area contributed by atoms with E-state index >= 15 is 0 Å². The van der Waals surface area contributed by atoms with Gasteiger partial charge in [0.1, 0.15) is 0 Å². The molecule has 80 heavy (non-hydrogen) atoms. The van der Waals surface area contributed by atoms with E-state index in [0.717, 1.165) is 83.8 Å². The molecular formula is C76H68N4. The van der Waals surface area contributed by atoms with Crippen molar-refractivity contribution in [2.45, 2.75) is 64.0 Å².